The summed E-state index contributed by atoms with van der Waals surface area (Å²) in [6.45, 7) is 3.86. The van der Waals surface area contributed by atoms with E-state index in [1.807, 2.05) is 0 Å². The number of hydrogen-bond donors (Lipinski definition) is 6. The first-order valence-electron chi connectivity index (χ1n) is 17.3. The molecule has 6 N–H and O–H groups in total. The Morgan fingerprint density at radius 2 is 1.70 bits per heavy atom. The van der Waals surface area contributed by atoms with Crippen molar-refractivity contribution >= 4 is 12.3 Å². The summed E-state index contributed by atoms with van der Waals surface area (Å²) in [5.74, 6) is -0.635. The van der Waals surface area contributed by atoms with Crippen molar-refractivity contribution in [2.24, 2.45) is 28.6 Å². The second-order valence-corrected chi connectivity index (χ2v) is 15.7. The van der Waals surface area contributed by atoms with E-state index in [-0.39, 0.29) is 49.8 Å². The number of carbonyl (C=O) groups excluding carboxylic acids is 2. The van der Waals surface area contributed by atoms with Gasteiger partial charge in [-0.3, -0.25) is 0 Å². The summed E-state index contributed by atoms with van der Waals surface area (Å²) in [5.41, 5.74) is -2.86. The average molecular weight is 667 g/mol. The van der Waals surface area contributed by atoms with Gasteiger partial charge in [-0.2, -0.15) is 0 Å². The second kappa shape index (κ2) is 12.1. The van der Waals surface area contributed by atoms with Crippen molar-refractivity contribution in [2.45, 2.75) is 145 Å². The standard InChI is InChI=1S/C34H50O13/c1-17-29(47-30-28(40)27(39)24(37)15-44-30)23(36)12-26(45-17)46-19-3-8-32(16-35)21-4-7-31(2)20(18-11-25(38)43-14-18)6-10-34(31,42)22(21)5-9-33(32,41)13-19/h11,16-17,19-24,26-30,36-37,39-42H,3-10,12-15H2,1-2H3/t17-,19+,20-,21+,22+,23-,24+,26-,27+,28+,29-,30-,31+,32-,33-,34-/m0/s1. The Hall–Kier alpha value is -1.52. The molecular weight excluding hydrogens is 616 g/mol. The van der Waals surface area contributed by atoms with Crippen molar-refractivity contribution in [1.82, 2.24) is 0 Å². The van der Waals surface area contributed by atoms with Crippen LogP contribution in [0.4, 0.5) is 0 Å². The normalized spacial score (nSPS) is 54.6. The van der Waals surface area contributed by atoms with Crippen LogP contribution < -0.4 is 0 Å². The van der Waals surface area contributed by atoms with Gasteiger partial charge in [-0.25, -0.2) is 4.79 Å². The maximum Gasteiger partial charge on any atom is 0.331 e. The summed E-state index contributed by atoms with van der Waals surface area (Å²) in [5, 5.41) is 65.7. The lowest BCUT2D eigenvalue weighted by Gasteiger charge is -2.65. The molecule has 7 aliphatic rings. The van der Waals surface area contributed by atoms with Crippen molar-refractivity contribution in [3.05, 3.63) is 11.6 Å². The third-order valence-corrected chi connectivity index (χ3v) is 13.6. The van der Waals surface area contributed by atoms with E-state index < -0.39 is 77.3 Å². The van der Waals surface area contributed by atoms with Crippen LogP contribution in [0.1, 0.15) is 78.1 Å². The second-order valence-electron chi connectivity index (χ2n) is 15.7. The van der Waals surface area contributed by atoms with Gasteiger partial charge in [0.2, 0.25) is 0 Å². The molecule has 0 spiro atoms. The minimum atomic E-state index is -1.50. The molecule has 4 aliphatic carbocycles. The number of hydrogen-bond acceptors (Lipinski definition) is 13. The number of ether oxygens (including phenoxy) is 5. The zero-order valence-corrected chi connectivity index (χ0v) is 27.1. The molecule has 0 amide bonds. The molecule has 0 aromatic carbocycles. The number of aliphatic hydroxyl groups is 6. The fraction of sp³-hybridized carbons (Fsp3) is 0.882. The van der Waals surface area contributed by atoms with Crippen LogP contribution in [0.25, 0.3) is 0 Å². The summed E-state index contributed by atoms with van der Waals surface area (Å²) in [4.78, 5) is 25.0. The van der Waals surface area contributed by atoms with Crippen molar-refractivity contribution < 1.29 is 63.9 Å². The molecular formula is C34H50O13. The highest BCUT2D eigenvalue weighted by molar-refractivity contribution is 5.85. The molecule has 3 heterocycles. The van der Waals surface area contributed by atoms with E-state index in [2.05, 4.69) is 6.92 Å². The van der Waals surface area contributed by atoms with Gasteiger partial charge < -0.3 is 59.1 Å². The van der Waals surface area contributed by atoms with E-state index in [1.165, 1.54) is 0 Å². The first-order chi connectivity index (χ1) is 22.2. The smallest absolute Gasteiger partial charge is 0.331 e. The predicted molar refractivity (Wildman–Crippen MR) is 160 cm³/mol. The Morgan fingerprint density at radius 1 is 0.936 bits per heavy atom. The lowest BCUT2D eigenvalue weighted by Crippen LogP contribution is -2.69. The molecule has 0 unspecified atom stereocenters. The van der Waals surface area contributed by atoms with E-state index >= 15 is 0 Å². The first-order valence-corrected chi connectivity index (χ1v) is 17.3. The topological polar surface area (TPSA) is 202 Å². The zero-order chi connectivity index (χ0) is 33.5. The summed E-state index contributed by atoms with van der Waals surface area (Å²) >= 11 is 0. The van der Waals surface area contributed by atoms with Gasteiger partial charge >= 0.3 is 5.97 Å². The van der Waals surface area contributed by atoms with Crippen LogP contribution in [0.2, 0.25) is 0 Å². The van der Waals surface area contributed by atoms with E-state index in [4.69, 9.17) is 23.7 Å². The molecule has 0 radical (unpaired) electrons. The molecule has 3 aliphatic heterocycles. The Morgan fingerprint density at radius 3 is 2.40 bits per heavy atom. The molecule has 7 rings (SSSR count). The van der Waals surface area contributed by atoms with Gasteiger partial charge in [0.1, 0.15) is 37.3 Å². The molecule has 4 saturated carbocycles. The van der Waals surface area contributed by atoms with Gasteiger partial charge in [0.25, 0.3) is 0 Å². The summed E-state index contributed by atoms with van der Waals surface area (Å²) in [6, 6.07) is 0. The van der Waals surface area contributed by atoms with Gasteiger partial charge in [0, 0.05) is 24.3 Å². The lowest BCUT2D eigenvalue weighted by molar-refractivity contribution is -0.331. The average Bonchev–Trinajstić information content (AvgIpc) is 3.57. The molecule has 16 atom stereocenters. The number of carbonyl (C=O) groups is 2. The number of aldehydes is 1. The van der Waals surface area contributed by atoms with Gasteiger partial charge in [0.15, 0.2) is 12.6 Å². The van der Waals surface area contributed by atoms with Crippen LogP contribution in [-0.2, 0) is 33.3 Å². The van der Waals surface area contributed by atoms with Crippen LogP contribution in [0.15, 0.2) is 11.6 Å². The fourth-order valence-electron chi connectivity index (χ4n) is 11.0. The van der Waals surface area contributed by atoms with Crippen LogP contribution in [0.5, 0.6) is 0 Å². The van der Waals surface area contributed by atoms with E-state index in [9.17, 15) is 40.2 Å². The lowest BCUT2D eigenvalue weighted by atomic mass is 9.41. The van der Waals surface area contributed by atoms with Crippen molar-refractivity contribution in [1.29, 1.82) is 0 Å². The molecule has 0 aromatic heterocycles. The number of rotatable bonds is 6. The molecule has 13 heteroatoms. The maximum atomic E-state index is 13.1. The SMILES string of the molecule is C[C@@H]1O[C@@H](O[C@@H]2CC[C@]3(C=O)[C@@H]4CC[C@]5(C)[C@H](C6=CC(=O)OC6)CC[C@]5(O)[C@@H]4CC[C@]3(O)C2)C[C@H](O)[C@H]1O[C@@H]1OC[C@@H](O)[C@@H](O)[C@H]1O. The summed E-state index contributed by atoms with van der Waals surface area (Å²) < 4.78 is 28.7. The molecule has 6 fully saturated rings. The number of esters is 1. The van der Waals surface area contributed by atoms with E-state index in [1.54, 1.807) is 13.0 Å². The fourth-order valence-corrected chi connectivity index (χ4v) is 11.0. The highest BCUT2D eigenvalue weighted by Gasteiger charge is 2.71. The maximum absolute atomic E-state index is 13.1. The summed E-state index contributed by atoms with van der Waals surface area (Å²) in [7, 11) is 0. The number of fused-ring (bicyclic) bond motifs is 5. The van der Waals surface area contributed by atoms with Crippen LogP contribution in [-0.4, -0.2) is 123 Å². The van der Waals surface area contributed by atoms with Gasteiger partial charge in [-0.05, 0) is 81.6 Å². The quantitative estimate of drug-likeness (QED) is 0.128. The molecule has 2 saturated heterocycles. The predicted octanol–water partition coefficient (Wildman–Crippen LogP) is 0.243. The van der Waals surface area contributed by atoms with Crippen LogP contribution >= 0.6 is 0 Å². The molecule has 264 valence electrons. The van der Waals surface area contributed by atoms with Gasteiger partial charge in [-0.15, -0.1) is 0 Å². The third-order valence-electron chi connectivity index (χ3n) is 13.6. The van der Waals surface area contributed by atoms with E-state index in [0.29, 0.717) is 44.9 Å². The Bertz CT molecular complexity index is 1250. The van der Waals surface area contributed by atoms with Crippen molar-refractivity contribution in [3.8, 4) is 0 Å². The monoisotopic (exact) mass is 666 g/mol. The van der Waals surface area contributed by atoms with Gasteiger partial charge in [0.05, 0.1) is 41.5 Å². The minimum absolute atomic E-state index is 0.0370. The zero-order valence-electron chi connectivity index (χ0n) is 27.1. The summed E-state index contributed by atoms with van der Waals surface area (Å²) in [6.07, 6.45) is -1.89. The Labute approximate surface area is 274 Å². The highest BCUT2D eigenvalue weighted by atomic mass is 16.7. The number of cyclic esters (lactones) is 1. The van der Waals surface area contributed by atoms with Gasteiger partial charge in [-0.1, -0.05) is 6.92 Å². The molecule has 0 bridgehead atoms. The Balaban J connectivity index is 1.01. The molecule has 13 nitrogen and oxygen atoms in total. The number of aliphatic hydroxyl groups excluding tert-OH is 4. The van der Waals surface area contributed by atoms with Crippen molar-refractivity contribution in [2.75, 3.05) is 13.2 Å². The minimum Gasteiger partial charge on any atom is -0.458 e. The van der Waals surface area contributed by atoms with E-state index in [0.717, 1.165) is 18.3 Å². The van der Waals surface area contributed by atoms with Crippen molar-refractivity contribution in [3.63, 3.8) is 0 Å². The highest BCUT2D eigenvalue weighted by Crippen LogP contribution is 2.70. The largest absolute Gasteiger partial charge is 0.458 e. The molecule has 47 heavy (non-hydrogen) atoms. The third kappa shape index (κ3) is 5.18. The van der Waals surface area contributed by atoms with Crippen LogP contribution in [0.3, 0.4) is 0 Å². The van der Waals surface area contributed by atoms with Crippen LogP contribution in [0, 0.1) is 28.6 Å². The first kappa shape index (κ1) is 34.0. The Kier molecular flexibility index (Phi) is 8.72. The molecule has 0 aromatic rings.